The molecule has 0 aliphatic carbocycles. The molecule has 0 spiro atoms. The van der Waals surface area contributed by atoms with Crippen LogP contribution in [-0.2, 0) is 26.4 Å². The minimum Gasteiger partial charge on any atom is -0.444 e. The van der Waals surface area contributed by atoms with E-state index in [1.54, 1.807) is 13.0 Å². The normalized spacial score (nSPS) is 15.0. The molecule has 1 unspecified atom stereocenters. The molecule has 0 amide bonds. The summed E-state index contributed by atoms with van der Waals surface area (Å²) < 4.78 is 65.7. The van der Waals surface area contributed by atoms with E-state index in [1.165, 1.54) is 49.1 Å². The van der Waals surface area contributed by atoms with Crippen LogP contribution < -0.4 is 26.4 Å². The molecular weight excluding hydrogens is 816 g/mol. The minimum atomic E-state index is -5.03. The summed E-state index contributed by atoms with van der Waals surface area (Å²) in [5, 5.41) is 0.409. The Balaban J connectivity index is 1.39. The minimum absolute atomic E-state index is 0.0310. The number of Topliss-reactive ketones (excluding diaryl/α,β-unsaturated/α-hetero) is 1. The fourth-order valence-corrected chi connectivity index (χ4v) is 13.0. The summed E-state index contributed by atoms with van der Waals surface area (Å²) in [5.41, 5.74) is -2.95. The summed E-state index contributed by atoms with van der Waals surface area (Å²) in [6.45, 7) is 8.70. The van der Waals surface area contributed by atoms with Crippen molar-refractivity contribution >= 4 is 46.0 Å². The van der Waals surface area contributed by atoms with Crippen molar-refractivity contribution in [3.8, 4) is 16.5 Å². The molecule has 3 aromatic heterocycles. The maximum Gasteiger partial charge on any atom is 0.573 e. The van der Waals surface area contributed by atoms with Gasteiger partial charge in [-0.2, -0.15) is 0 Å². The molecule has 316 valence electrons. The first kappa shape index (κ1) is 43.0. The lowest BCUT2D eigenvalue weighted by Crippen LogP contribution is -2.66. The average Bonchev–Trinajstić information content (AvgIpc) is 3.87. The fourth-order valence-electron chi connectivity index (χ4n) is 8.11. The van der Waals surface area contributed by atoms with E-state index in [0.717, 1.165) is 15.9 Å². The van der Waals surface area contributed by atoms with Gasteiger partial charge in [0.05, 0.1) is 29.1 Å². The largest absolute Gasteiger partial charge is 0.573 e. The SMILES string of the molecule is Cc1c(-c2ncco2)sc2c1c(=O)n(C(C)(C)C(=O)CC(C)(C)[Si](O)(c1ccccc1)c1ccccc1)c(=O)n2CC(OC1CCOCC1)c1ccccc1OC(F)(F)F. The average molecular weight is 862 g/mol. The number of aryl methyl sites for hydroxylation is 1. The fraction of sp³-hybridized carbons (Fsp3) is 0.364. The number of oxazole rings is 1. The van der Waals surface area contributed by atoms with Crippen LogP contribution in [-0.4, -0.2) is 58.7 Å². The van der Waals surface area contributed by atoms with Crippen molar-refractivity contribution < 1.29 is 41.4 Å². The molecule has 7 rings (SSSR count). The van der Waals surface area contributed by atoms with Gasteiger partial charge in [-0.1, -0.05) is 92.7 Å². The number of fused-ring (bicyclic) bond motifs is 1. The third kappa shape index (κ3) is 8.18. The third-order valence-electron chi connectivity index (χ3n) is 11.4. The maximum absolute atomic E-state index is 15.2. The van der Waals surface area contributed by atoms with Crippen molar-refractivity contribution in [3.63, 3.8) is 0 Å². The highest BCUT2D eigenvalue weighted by molar-refractivity contribution is 7.22. The van der Waals surface area contributed by atoms with Crippen molar-refractivity contribution in [2.75, 3.05) is 13.2 Å². The van der Waals surface area contributed by atoms with Gasteiger partial charge < -0.3 is 23.4 Å². The van der Waals surface area contributed by atoms with Crippen molar-refractivity contribution in [3.05, 3.63) is 129 Å². The predicted octanol–water partition coefficient (Wildman–Crippen LogP) is 7.25. The smallest absolute Gasteiger partial charge is 0.444 e. The Hall–Kier alpha value is -5.13. The Morgan fingerprint density at radius 3 is 2.13 bits per heavy atom. The summed E-state index contributed by atoms with van der Waals surface area (Å²) in [7, 11) is -3.72. The lowest BCUT2D eigenvalue weighted by Gasteiger charge is -2.42. The van der Waals surface area contributed by atoms with Crippen LogP contribution in [0.1, 0.15) is 64.2 Å². The topological polar surface area (TPSA) is 135 Å². The van der Waals surface area contributed by atoms with Gasteiger partial charge in [0, 0.05) is 25.2 Å². The number of hydrogen-bond acceptors (Lipinski definition) is 10. The van der Waals surface area contributed by atoms with Crippen molar-refractivity contribution in [1.82, 2.24) is 14.1 Å². The third-order valence-corrected chi connectivity index (χ3v) is 17.2. The molecule has 0 bridgehead atoms. The molecule has 0 radical (unpaired) electrons. The van der Waals surface area contributed by atoms with Gasteiger partial charge in [-0.05, 0) is 60.7 Å². The number of hydrogen-bond donors (Lipinski definition) is 1. The van der Waals surface area contributed by atoms with Crippen molar-refractivity contribution in [1.29, 1.82) is 0 Å². The number of nitrogens with zero attached hydrogens (tertiary/aromatic N) is 3. The van der Waals surface area contributed by atoms with E-state index >= 15 is 4.79 Å². The van der Waals surface area contributed by atoms with Crippen LogP contribution in [0, 0.1) is 6.92 Å². The molecule has 4 heterocycles. The number of para-hydroxylation sites is 1. The van der Waals surface area contributed by atoms with Crippen LogP contribution in [0.3, 0.4) is 0 Å². The lowest BCUT2D eigenvalue weighted by atomic mass is 9.91. The van der Waals surface area contributed by atoms with Crippen LogP contribution in [0.15, 0.2) is 111 Å². The quantitative estimate of drug-likeness (QED) is 0.112. The van der Waals surface area contributed by atoms with E-state index in [2.05, 4.69) is 9.72 Å². The van der Waals surface area contributed by atoms with Gasteiger partial charge in [0.2, 0.25) is 5.89 Å². The second-order valence-corrected chi connectivity index (χ2v) is 21.0. The predicted molar refractivity (Wildman–Crippen MR) is 224 cm³/mol. The van der Waals surface area contributed by atoms with Gasteiger partial charge in [-0.3, -0.25) is 14.2 Å². The van der Waals surface area contributed by atoms with Crippen LogP contribution in [0.2, 0.25) is 5.04 Å². The van der Waals surface area contributed by atoms with E-state index in [0.29, 0.717) is 46.9 Å². The van der Waals surface area contributed by atoms with E-state index in [9.17, 15) is 27.6 Å². The molecule has 11 nitrogen and oxygen atoms in total. The summed E-state index contributed by atoms with van der Waals surface area (Å²) >= 11 is 1.06. The molecular formula is C44H46F3N3O8SSi. The first-order valence-corrected chi connectivity index (χ1v) is 22.3. The number of aromatic nitrogens is 3. The van der Waals surface area contributed by atoms with Crippen LogP contribution in [0.4, 0.5) is 13.2 Å². The van der Waals surface area contributed by atoms with Gasteiger partial charge in [0.1, 0.15) is 28.5 Å². The van der Waals surface area contributed by atoms with Crippen LogP contribution >= 0.6 is 11.3 Å². The molecule has 1 aliphatic rings. The molecule has 1 atom stereocenters. The van der Waals surface area contributed by atoms with Crippen LogP contribution in [0.5, 0.6) is 5.75 Å². The Kier molecular flexibility index (Phi) is 12.0. The van der Waals surface area contributed by atoms with Crippen molar-refractivity contribution in [2.45, 2.75) is 89.6 Å². The van der Waals surface area contributed by atoms with E-state index in [4.69, 9.17) is 13.9 Å². The molecule has 60 heavy (non-hydrogen) atoms. The Morgan fingerprint density at radius 2 is 1.55 bits per heavy atom. The molecule has 16 heteroatoms. The second-order valence-electron chi connectivity index (χ2n) is 16.1. The molecule has 6 aromatic rings. The second kappa shape index (κ2) is 16.7. The lowest BCUT2D eigenvalue weighted by molar-refractivity contribution is -0.275. The Bertz CT molecular complexity index is 2540. The van der Waals surface area contributed by atoms with Crippen LogP contribution in [0.25, 0.3) is 21.0 Å². The summed E-state index contributed by atoms with van der Waals surface area (Å²) in [6, 6.07) is 24.0. The highest BCUT2D eigenvalue weighted by atomic mass is 32.1. The number of halogens is 3. The van der Waals surface area contributed by atoms with Gasteiger partial charge in [-0.25, -0.2) is 14.3 Å². The summed E-state index contributed by atoms with van der Waals surface area (Å²) in [5.74, 6) is -0.801. The van der Waals surface area contributed by atoms with Crippen molar-refractivity contribution in [2.24, 2.45) is 0 Å². The highest BCUT2D eigenvalue weighted by Crippen LogP contribution is 2.42. The number of benzene rings is 3. The zero-order valence-corrected chi connectivity index (χ0v) is 35.6. The summed E-state index contributed by atoms with van der Waals surface area (Å²) in [4.78, 5) is 62.7. The van der Waals surface area contributed by atoms with E-state index in [-0.39, 0.29) is 34.6 Å². The molecule has 1 N–H and O–H groups in total. The van der Waals surface area contributed by atoms with E-state index < -0.39 is 60.2 Å². The molecule has 1 aliphatic heterocycles. The Morgan fingerprint density at radius 1 is 0.950 bits per heavy atom. The van der Waals surface area contributed by atoms with Gasteiger partial charge in [0.25, 0.3) is 13.9 Å². The standard InChI is InChI=1S/C44H46F3N3O8SSi/c1-28-36-39(52)50(43(4,5)35(51)26-42(2,3)60(54,30-14-8-6-9-15-30)31-16-10-7-11-17-31)41(53)49(40(36)59-37(28)38-48-22-25-56-38)27-34(57-29-20-23-55-24-21-29)32-18-12-13-19-33(32)58-44(45,46)47/h6-19,22,25,29,34,54H,20-21,23-24,26-27H2,1-5H3. The maximum atomic E-state index is 15.2. The monoisotopic (exact) mass is 861 g/mol. The van der Waals surface area contributed by atoms with E-state index in [1.807, 2.05) is 74.5 Å². The number of ether oxygens (including phenoxy) is 3. The van der Waals surface area contributed by atoms with Gasteiger partial charge >= 0.3 is 12.1 Å². The molecule has 1 saturated heterocycles. The Labute approximate surface area is 349 Å². The molecule has 3 aromatic carbocycles. The number of ketones is 1. The molecule has 0 saturated carbocycles. The zero-order valence-electron chi connectivity index (χ0n) is 33.8. The number of thiophene rings is 1. The zero-order chi connectivity index (χ0) is 43.0. The number of rotatable bonds is 14. The van der Waals surface area contributed by atoms with Gasteiger partial charge in [-0.15, -0.1) is 24.5 Å². The van der Waals surface area contributed by atoms with Gasteiger partial charge in [0.15, 0.2) is 5.78 Å². The first-order valence-electron chi connectivity index (χ1n) is 19.6. The number of alkyl halides is 3. The first-order chi connectivity index (χ1) is 28.4. The number of carbonyl (C=O) groups excluding carboxylic acids is 1. The highest BCUT2D eigenvalue weighted by Gasteiger charge is 2.52. The summed E-state index contributed by atoms with van der Waals surface area (Å²) in [6.07, 6.45) is -3.16. The number of carbonyl (C=O) groups is 1. The molecule has 1 fully saturated rings.